The lowest BCUT2D eigenvalue weighted by atomic mass is 9.91. The fraction of sp³-hybridized carbons (Fsp3) is 0.515. The highest BCUT2D eigenvalue weighted by atomic mass is 35.5. The summed E-state index contributed by atoms with van der Waals surface area (Å²) in [7, 11) is 0. The minimum atomic E-state index is -0.823. The Bertz CT molecular complexity index is 1220. The molecule has 1 amide bonds. The van der Waals surface area contributed by atoms with Gasteiger partial charge >= 0.3 is 12.1 Å². The van der Waals surface area contributed by atoms with E-state index in [4.69, 9.17) is 30.9 Å². The first-order valence-electron chi connectivity index (χ1n) is 15.2. The Labute approximate surface area is 253 Å². The van der Waals surface area contributed by atoms with Crippen LogP contribution in [0.2, 0.25) is 5.02 Å². The van der Waals surface area contributed by atoms with Gasteiger partial charge in [-0.15, -0.1) is 0 Å². The van der Waals surface area contributed by atoms with Gasteiger partial charge in [0.2, 0.25) is 0 Å². The molecule has 2 aromatic carbocycles. The molecule has 3 heterocycles. The van der Waals surface area contributed by atoms with Crippen molar-refractivity contribution in [2.75, 3.05) is 32.8 Å². The number of hydrogen-bond acceptors (Lipinski definition) is 6. The van der Waals surface area contributed by atoms with Gasteiger partial charge in [-0.25, -0.2) is 4.79 Å². The third-order valence-corrected chi connectivity index (χ3v) is 8.85. The van der Waals surface area contributed by atoms with Gasteiger partial charge < -0.3 is 29.1 Å². The fourth-order valence-electron chi connectivity index (χ4n) is 6.19. The van der Waals surface area contributed by atoms with E-state index in [1.807, 2.05) is 59.5 Å². The van der Waals surface area contributed by atoms with Gasteiger partial charge in [-0.2, -0.15) is 0 Å². The van der Waals surface area contributed by atoms with Crippen LogP contribution in [0.15, 0.2) is 60.7 Å². The van der Waals surface area contributed by atoms with Crippen molar-refractivity contribution < 1.29 is 28.9 Å². The molecule has 1 unspecified atom stereocenters. The monoisotopic (exact) mass is 596 g/mol. The summed E-state index contributed by atoms with van der Waals surface area (Å²) in [4.78, 5) is 28.7. The summed E-state index contributed by atoms with van der Waals surface area (Å²) in [6, 6.07) is 15.5. The van der Waals surface area contributed by atoms with Crippen molar-refractivity contribution in [2.24, 2.45) is 5.92 Å². The molecule has 1 N–H and O–H groups in total. The van der Waals surface area contributed by atoms with Crippen LogP contribution in [0, 0.1) is 5.92 Å². The number of carboxylic acid groups (broad SMARTS) is 1. The number of likely N-dealkylation sites (tertiary alicyclic amines) is 2. The van der Waals surface area contributed by atoms with Crippen molar-refractivity contribution >= 4 is 23.7 Å². The zero-order valence-electron chi connectivity index (χ0n) is 24.0. The van der Waals surface area contributed by atoms with Crippen molar-refractivity contribution in [3.05, 3.63) is 76.8 Å². The van der Waals surface area contributed by atoms with Crippen LogP contribution in [0.5, 0.6) is 5.75 Å². The number of carboxylic acids is 1. The Balaban J connectivity index is 1.29. The van der Waals surface area contributed by atoms with Crippen molar-refractivity contribution in [1.82, 2.24) is 9.80 Å². The van der Waals surface area contributed by atoms with Crippen LogP contribution in [0.25, 0.3) is 0 Å². The molecule has 3 aliphatic heterocycles. The van der Waals surface area contributed by atoms with Gasteiger partial charge in [0.1, 0.15) is 5.75 Å². The van der Waals surface area contributed by atoms with Gasteiger partial charge in [-0.1, -0.05) is 66.6 Å². The number of piperidine rings is 2. The minimum absolute atomic E-state index is 0.0787. The number of allylic oxidation sites excluding steroid dienone is 2. The second kappa shape index (κ2) is 15.0. The molecular formula is C33H41ClN2O6. The predicted molar refractivity (Wildman–Crippen MR) is 161 cm³/mol. The number of nitrogens with zero attached hydrogens (tertiary/aromatic N) is 2. The molecule has 0 saturated carbocycles. The summed E-state index contributed by atoms with van der Waals surface area (Å²) >= 11 is 6.48. The van der Waals surface area contributed by atoms with Crippen molar-refractivity contribution in [2.45, 2.75) is 69.8 Å². The van der Waals surface area contributed by atoms with E-state index < -0.39 is 18.4 Å². The average Bonchev–Trinajstić information content (AvgIpc) is 3.02. The van der Waals surface area contributed by atoms with Gasteiger partial charge in [0.05, 0.1) is 12.7 Å². The highest BCUT2D eigenvalue weighted by Crippen LogP contribution is 2.44. The lowest BCUT2D eigenvalue weighted by Crippen LogP contribution is -2.48. The number of carbonyl (C=O) groups is 2. The first-order valence-corrected chi connectivity index (χ1v) is 15.6. The van der Waals surface area contributed by atoms with Crippen LogP contribution in [-0.2, 0) is 14.3 Å². The Kier molecular flexibility index (Phi) is 10.9. The highest BCUT2D eigenvalue weighted by Gasteiger charge is 2.36. The molecule has 5 rings (SSSR count). The number of amides is 1. The average molecular weight is 597 g/mol. The van der Waals surface area contributed by atoms with Gasteiger partial charge in [0.25, 0.3) is 0 Å². The molecule has 0 aliphatic carbocycles. The van der Waals surface area contributed by atoms with Gasteiger partial charge in [0, 0.05) is 47.6 Å². The van der Waals surface area contributed by atoms with Crippen molar-refractivity contribution in [3.8, 4) is 5.75 Å². The number of ether oxygens (including phenoxy) is 3. The number of carbonyl (C=O) groups excluding carboxylic acids is 1. The molecule has 9 heteroatoms. The van der Waals surface area contributed by atoms with Crippen molar-refractivity contribution in [3.63, 3.8) is 0 Å². The maximum absolute atomic E-state index is 13.3. The SMILES string of the molecule is O=C(O)CCC=CC[C@@H]1COC(c2ccccc2Cl)O[C@@H]1c1ccccc1OC(=O)N1CCC(N2CCCCC2)CC1. The molecule has 0 bridgehead atoms. The second-order valence-electron chi connectivity index (χ2n) is 11.4. The maximum atomic E-state index is 13.3. The smallest absolute Gasteiger partial charge is 0.415 e. The fourth-order valence-corrected chi connectivity index (χ4v) is 6.41. The maximum Gasteiger partial charge on any atom is 0.415 e. The van der Waals surface area contributed by atoms with E-state index in [1.54, 1.807) is 6.07 Å². The van der Waals surface area contributed by atoms with E-state index in [0.29, 0.717) is 49.4 Å². The lowest BCUT2D eigenvalue weighted by Gasteiger charge is -2.40. The second-order valence-corrected chi connectivity index (χ2v) is 11.8. The Morgan fingerprint density at radius 1 is 0.952 bits per heavy atom. The minimum Gasteiger partial charge on any atom is -0.481 e. The normalized spacial score (nSPS) is 24.1. The van der Waals surface area contributed by atoms with E-state index in [1.165, 1.54) is 32.4 Å². The van der Waals surface area contributed by atoms with Crippen LogP contribution in [-0.4, -0.2) is 65.8 Å². The topological polar surface area (TPSA) is 88.5 Å². The molecule has 3 aliphatic rings. The Morgan fingerprint density at radius 2 is 1.67 bits per heavy atom. The van der Waals surface area contributed by atoms with E-state index in [9.17, 15) is 9.59 Å². The van der Waals surface area contributed by atoms with Crippen LogP contribution < -0.4 is 4.74 Å². The van der Waals surface area contributed by atoms with Crippen LogP contribution in [0.3, 0.4) is 0 Å². The summed E-state index contributed by atoms with van der Waals surface area (Å²) in [6.45, 7) is 4.11. The molecule has 42 heavy (non-hydrogen) atoms. The molecule has 3 fully saturated rings. The van der Waals surface area contributed by atoms with Crippen LogP contribution in [0.1, 0.15) is 74.9 Å². The zero-order valence-corrected chi connectivity index (χ0v) is 24.8. The number of para-hydroxylation sites is 1. The zero-order chi connectivity index (χ0) is 29.3. The van der Waals surface area contributed by atoms with E-state index in [0.717, 1.165) is 24.0 Å². The summed E-state index contributed by atoms with van der Waals surface area (Å²) in [5.74, 6) is -0.425. The summed E-state index contributed by atoms with van der Waals surface area (Å²) in [5, 5.41) is 9.51. The quantitative estimate of drug-likeness (QED) is 0.312. The third kappa shape index (κ3) is 7.92. The van der Waals surface area contributed by atoms with E-state index in [2.05, 4.69) is 4.90 Å². The largest absolute Gasteiger partial charge is 0.481 e. The predicted octanol–water partition coefficient (Wildman–Crippen LogP) is 7.00. The molecule has 3 saturated heterocycles. The standard InChI is InChI=1S/C33H41ClN2O6/c34-28-14-7-5-12-26(28)32-40-23-24(11-3-1-4-16-30(37)38)31(42-32)27-13-6-8-15-29(27)41-33(39)36-21-17-25(18-22-36)35-19-9-2-10-20-35/h1,3,5-8,12-15,24-25,31-32H,2,4,9-11,16-23H2,(H,37,38)/t24-,31+,32?/m1/s1. The molecule has 0 spiro atoms. The molecule has 3 atom stereocenters. The van der Waals surface area contributed by atoms with Gasteiger partial charge in [-0.3, -0.25) is 4.79 Å². The molecular weight excluding hydrogens is 556 g/mol. The van der Waals surface area contributed by atoms with Gasteiger partial charge in [0.15, 0.2) is 6.29 Å². The summed E-state index contributed by atoms with van der Waals surface area (Å²) in [6.07, 6.45) is 9.36. The Morgan fingerprint density at radius 3 is 2.40 bits per heavy atom. The number of benzene rings is 2. The molecule has 0 radical (unpaired) electrons. The van der Waals surface area contributed by atoms with Gasteiger partial charge in [-0.05, 0) is 63.7 Å². The highest BCUT2D eigenvalue weighted by molar-refractivity contribution is 6.31. The summed E-state index contributed by atoms with van der Waals surface area (Å²) in [5.41, 5.74) is 1.52. The van der Waals surface area contributed by atoms with Crippen molar-refractivity contribution in [1.29, 1.82) is 0 Å². The third-order valence-electron chi connectivity index (χ3n) is 8.50. The molecule has 8 nitrogen and oxygen atoms in total. The van der Waals surface area contributed by atoms with Crippen LogP contribution in [0.4, 0.5) is 4.79 Å². The Hall–Kier alpha value is -2.91. The summed E-state index contributed by atoms with van der Waals surface area (Å²) < 4.78 is 18.7. The first-order chi connectivity index (χ1) is 20.5. The van der Waals surface area contributed by atoms with E-state index in [-0.39, 0.29) is 18.4 Å². The first kappa shape index (κ1) is 30.5. The number of rotatable bonds is 9. The lowest BCUT2D eigenvalue weighted by molar-refractivity contribution is -0.244. The number of hydrogen-bond donors (Lipinski definition) is 1. The molecule has 0 aromatic heterocycles. The number of halogens is 1. The van der Waals surface area contributed by atoms with Crippen LogP contribution >= 0.6 is 11.6 Å². The number of aliphatic carboxylic acids is 1. The molecule has 2 aromatic rings. The molecule has 226 valence electrons. The van der Waals surface area contributed by atoms with E-state index >= 15 is 0 Å².